The zero-order valence-corrected chi connectivity index (χ0v) is 16.8. The van der Waals surface area contributed by atoms with Crippen molar-refractivity contribution in [2.24, 2.45) is 5.92 Å². The Morgan fingerprint density at radius 3 is 2.55 bits per heavy atom. The van der Waals surface area contributed by atoms with Crippen LogP contribution in [0.5, 0.6) is 0 Å². The van der Waals surface area contributed by atoms with E-state index >= 15 is 0 Å². The molecular formula is C21H27N3O5. The Morgan fingerprint density at radius 2 is 1.93 bits per heavy atom. The molecular weight excluding hydrogens is 374 g/mol. The van der Waals surface area contributed by atoms with Crippen LogP contribution >= 0.6 is 0 Å². The number of piperidine rings is 1. The Balaban J connectivity index is 1.95. The number of hydrogen-bond donors (Lipinski definition) is 1. The molecule has 29 heavy (non-hydrogen) atoms. The van der Waals surface area contributed by atoms with Crippen molar-refractivity contribution < 1.29 is 19.6 Å². The van der Waals surface area contributed by atoms with E-state index in [9.17, 15) is 24.8 Å². The van der Waals surface area contributed by atoms with Gasteiger partial charge in [-0.2, -0.15) is 0 Å². The summed E-state index contributed by atoms with van der Waals surface area (Å²) in [5, 5.41) is 21.7. The molecule has 8 nitrogen and oxygen atoms in total. The first-order valence-electron chi connectivity index (χ1n) is 10.1. The molecule has 1 fully saturated rings. The number of carbonyl (C=O) groups excluding carboxylic acids is 2. The summed E-state index contributed by atoms with van der Waals surface area (Å²) in [5.74, 6) is -1.88. The van der Waals surface area contributed by atoms with Gasteiger partial charge in [-0.25, -0.2) is 0 Å². The summed E-state index contributed by atoms with van der Waals surface area (Å²) < 4.78 is 0. The highest BCUT2D eigenvalue weighted by Crippen LogP contribution is 2.39. The van der Waals surface area contributed by atoms with Crippen molar-refractivity contribution in [2.45, 2.75) is 39.2 Å². The van der Waals surface area contributed by atoms with E-state index in [1.54, 1.807) is 19.9 Å². The molecule has 8 heteroatoms. The summed E-state index contributed by atoms with van der Waals surface area (Å²) in [7, 11) is 0. The molecule has 156 valence electrons. The van der Waals surface area contributed by atoms with Crippen LogP contribution in [0.15, 0.2) is 35.6 Å². The molecule has 1 unspecified atom stereocenters. The Morgan fingerprint density at radius 1 is 1.24 bits per heavy atom. The minimum absolute atomic E-state index is 0.0316. The minimum atomic E-state index is -0.818. The summed E-state index contributed by atoms with van der Waals surface area (Å²) in [4.78, 5) is 40.1. The Kier molecular flexibility index (Phi) is 6.32. The van der Waals surface area contributed by atoms with E-state index in [2.05, 4.69) is 4.90 Å². The quantitative estimate of drug-likeness (QED) is 0.556. The second kappa shape index (κ2) is 8.73. The number of hydrogen-bond acceptors (Lipinski definition) is 6. The predicted molar refractivity (Wildman–Crippen MR) is 107 cm³/mol. The molecule has 0 saturated carbocycles. The Hall–Kier alpha value is -2.74. The number of nitro groups is 1. The lowest BCUT2D eigenvalue weighted by Gasteiger charge is -2.31. The van der Waals surface area contributed by atoms with Crippen LogP contribution < -0.4 is 0 Å². The van der Waals surface area contributed by atoms with Crippen molar-refractivity contribution in [2.75, 3.05) is 26.2 Å². The van der Waals surface area contributed by atoms with Crippen LogP contribution in [-0.4, -0.2) is 57.7 Å². The number of aliphatic hydroxyl groups is 1. The summed E-state index contributed by atoms with van der Waals surface area (Å²) in [6.45, 7) is 6.29. The molecule has 0 bridgehead atoms. The van der Waals surface area contributed by atoms with Gasteiger partial charge in [0.05, 0.1) is 16.5 Å². The maximum atomic E-state index is 12.8. The molecule has 1 aromatic carbocycles. The van der Waals surface area contributed by atoms with Gasteiger partial charge in [-0.3, -0.25) is 19.7 Å². The van der Waals surface area contributed by atoms with Crippen LogP contribution in [0.2, 0.25) is 0 Å². The van der Waals surface area contributed by atoms with Crippen LogP contribution in [0.1, 0.15) is 44.7 Å². The lowest BCUT2D eigenvalue weighted by molar-refractivity contribution is -0.384. The highest BCUT2D eigenvalue weighted by Gasteiger charge is 2.44. The van der Waals surface area contributed by atoms with E-state index in [4.69, 9.17) is 0 Å². The van der Waals surface area contributed by atoms with Crippen molar-refractivity contribution in [1.82, 2.24) is 9.80 Å². The molecule has 1 saturated heterocycles. The lowest BCUT2D eigenvalue weighted by atomic mass is 9.91. The zero-order valence-electron chi connectivity index (χ0n) is 16.8. The number of rotatable bonds is 7. The number of nitro benzene ring substituents is 1. The topological polar surface area (TPSA) is 104 Å². The van der Waals surface area contributed by atoms with Gasteiger partial charge < -0.3 is 14.9 Å². The van der Waals surface area contributed by atoms with Gasteiger partial charge in [0.2, 0.25) is 0 Å². The summed E-state index contributed by atoms with van der Waals surface area (Å²) in [5.41, 5.74) is 0.372. The third-order valence-electron chi connectivity index (χ3n) is 5.60. The van der Waals surface area contributed by atoms with Crippen LogP contribution in [0.25, 0.3) is 0 Å². The molecule has 0 spiro atoms. The summed E-state index contributed by atoms with van der Waals surface area (Å²) in [6, 6.07) is 5.12. The van der Waals surface area contributed by atoms with Gasteiger partial charge >= 0.3 is 0 Å². The molecule has 2 aliphatic rings. The average Bonchev–Trinajstić information content (AvgIpc) is 2.97. The first kappa shape index (κ1) is 21.0. The number of ketones is 1. The van der Waals surface area contributed by atoms with E-state index in [0.717, 1.165) is 25.9 Å². The van der Waals surface area contributed by atoms with Crippen molar-refractivity contribution in [3.05, 3.63) is 51.3 Å². The van der Waals surface area contributed by atoms with Gasteiger partial charge in [-0.05, 0) is 31.5 Å². The molecule has 3 rings (SSSR count). The Bertz CT molecular complexity index is 842. The highest BCUT2D eigenvalue weighted by atomic mass is 16.6. The molecule has 0 radical (unpaired) electrons. The largest absolute Gasteiger partial charge is 0.503 e. The molecule has 2 heterocycles. The number of non-ortho nitro benzene ring substituents is 1. The maximum absolute atomic E-state index is 12.8. The van der Waals surface area contributed by atoms with Crippen LogP contribution in [0.3, 0.4) is 0 Å². The number of nitrogens with zero attached hydrogens (tertiary/aromatic N) is 3. The molecule has 0 aliphatic carbocycles. The first-order valence-corrected chi connectivity index (χ1v) is 10.1. The van der Waals surface area contributed by atoms with Crippen molar-refractivity contribution >= 4 is 17.4 Å². The van der Waals surface area contributed by atoms with E-state index < -0.39 is 28.5 Å². The third kappa shape index (κ3) is 4.32. The number of carbonyl (C=O) groups is 2. The molecule has 1 amide bonds. The zero-order chi connectivity index (χ0) is 21.1. The van der Waals surface area contributed by atoms with E-state index in [1.807, 2.05) is 0 Å². The van der Waals surface area contributed by atoms with E-state index in [0.29, 0.717) is 18.7 Å². The van der Waals surface area contributed by atoms with E-state index in [-0.39, 0.29) is 17.0 Å². The molecule has 1 aromatic rings. The average molecular weight is 401 g/mol. The fraction of sp³-hybridized carbons (Fsp3) is 0.524. The fourth-order valence-corrected chi connectivity index (χ4v) is 4.03. The third-order valence-corrected chi connectivity index (χ3v) is 5.60. The number of likely N-dealkylation sites (tertiary alicyclic amines) is 1. The Labute approximate surface area is 169 Å². The number of aliphatic hydroxyl groups excluding tert-OH is 1. The number of Topliss-reactive ketones (excluding diaryl/α,β-unsaturated/α-hetero) is 1. The smallest absolute Gasteiger partial charge is 0.290 e. The molecule has 1 atom stereocenters. The van der Waals surface area contributed by atoms with Crippen LogP contribution in [0, 0.1) is 16.0 Å². The van der Waals surface area contributed by atoms with Crippen molar-refractivity contribution in [1.29, 1.82) is 0 Å². The summed E-state index contributed by atoms with van der Waals surface area (Å²) in [6.07, 6.45) is 3.43. The van der Waals surface area contributed by atoms with Gasteiger partial charge in [0.25, 0.3) is 11.6 Å². The second-order valence-electron chi connectivity index (χ2n) is 7.94. The maximum Gasteiger partial charge on any atom is 0.290 e. The standard InChI is InChI=1S/C21H27N3O5/c1-14(2)19(25)17-18(15-7-6-8-16(13-15)24(28)29)23(21(27)20(17)26)12-11-22-9-4-3-5-10-22/h6-8,13-14,18,26H,3-5,9-12H2,1-2H3. The minimum Gasteiger partial charge on any atom is -0.503 e. The second-order valence-corrected chi connectivity index (χ2v) is 7.94. The SMILES string of the molecule is CC(C)C(=O)C1=C(O)C(=O)N(CCN2CCCCC2)C1c1cccc([N+](=O)[O-])c1. The lowest BCUT2D eigenvalue weighted by Crippen LogP contribution is -2.40. The predicted octanol–water partition coefficient (Wildman–Crippen LogP) is 3.00. The first-order chi connectivity index (χ1) is 13.8. The van der Waals surface area contributed by atoms with Crippen molar-refractivity contribution in [3.63, 3.8) is 0 Å². The molecule has 1 N–H and O–H groups in total. The van der Waals surface area contributed by atoms with Gasteiger partial charge in [0, 0.05) is 31.1 Å². The summed E-state index contributed by atoms with van der Waals surface area (Å²) >= 11 is 0. The number of benzene rings is 1. The fourth-order valence-electron chi connectivity index (χ4n) is 4.03. The van der Waals surface area contributed by atoms with Gasteiger partial charge in [-0.15, -0.1) is 0 Å². The van der Waals surface area contributed by atoms with Gasteiger partial charge in [0.1, 0.15) is 0 Å². The molecule has 2 aliphatic heterocycles. The van der Waals surface area contributed by atoms with Gasteiger partial charge in [-0.1, -0.05) is 32.4 Å². The molecule has 0 aromatic heterocycles. The normalized spacial score (nSPS) is 20.6. The monoisotopic (exact) mass is 401 g/mol. The van der Waals surface area contributed by atoms with E-state index in [1.165, 1.54) is 29.5 Å². The van der Waals surface area contributed by atoms with Crippen molar-refractivity contribution in [3.8, 4) is 0 Å². The highest BCUT2D eigenvalue weighted by molar-refractivity contribution is 6.09. The van der Waals surface area contributed by atoms with Gasteiger partial charge in [0.15, 0.2) is 11.5 Å². The van der Waals surface area contributed by atoms with Crippen LogP contribution in [0.4, 0.5) is 5.69 Å². The van der Waals surface area contributed by atoms with Crippen LogP contribution in [-0.2, 0) is 9.59 Å². The number of amides is 1.